The van der Waals surface area contributed by atoms with Gasteiger partial charge in [-0.1, -0.05) is 0 Å². The smallest absolute Gasteiger partial charge is 0.312 e. The van der Waals surface area contributed by atoms with Gasteiger partial charge in [-0.05, 0) is 13.3 Å². The molecule has 1 saturated heterocycles. The van der Waals surface area contributed by atoms with E-state index in [2.05, 4.69) is 0 Å². The van der Waals surface area contributed by atoms with Crippen LogP contribution in [0.4, 0.5) is 0 Å². The minimum Gasteiger partial charge on any atom is -0.395 e. The highest BCUT2D eigenvalue weighted by molar-refractivity contribution is 7.91. The van der Waals surface area contributed by atoms with Gasteiger partial charge >= 0.3 is 11.8 Å². The quantitative estimate of drug-likeness (QED) is 0.538. The monoisotopic (exact) mass is 322 g/mol. The fourth-order valence-electron chi connectivity index (χ4n) is 2.40. The number of rotatable bonds is 6. The van der Waals surface area contributed by atoms with E-state index >= 15 is 0 Å². The molecule has 0 bridgehead atoms. The highest BCUT2D eigenvalue weighted by Gasteiger charge is 2.37. The lowest BCUT2D eigenvalue weighted by Gasteiger charge is -2.29. The maximum Gasteiger partial charge on any atom is 0.312 e. The molecular weight excluding hydrogens is 300 g/mol. The number of likely N-dealkylation sites (N-methyl/N-ethyl adjacent to an activating group) is 1. The topological polar surface area (TPSA) is 115 Å². The zero-order valence-electron chi connectivity index (χ0n) is 12.1. The van der Waals surface area contributed by atoms with Crippen LogP contribution in [0.15, 0.2) is 0 Å². The molecule has 2 amide bonds. The Kier molecular flexibility index (Phi) is 6.56. The molecular formula is C12H22N2O6S. The molecule has 9 heteroatoms. The van der Waals surface area contributed by atoms with Crippen molar-refractivity contribution in [2.75, 3.05) is 44.4 Å². The van der Waals surface area contributed by atoms with E-state index in [1.165, 1.54) is 4.90 Å². The summed E-state index contributed by atoms with van der Waals surface area (Å²) >= 11 is 0. The first-order valence-corrected chi connectivity index (χ1v) is 8.70. The van der Waals surface area contributed by atoms with Crippen LogP contribution in [0.25, 0.3) is 0 Å². The highest BCUT2D eigenvalue weighted by atomic mass is 32.2. The maximum absolute atomic E-state index is 12.2. The first kappa shape index (κ1) is 17.9. The van der Waals surface area contributed by atoms with Crippen molar-refractivity contribution in [1.82, 2.24) is 9.80 Å². The molecule has 1 rings (SSSR count). The van der Waals surface area contributed by atoms with Crippen LogP contribution in [0.2, 0.25) is 0 Å². The summed E-state index contributed by atoms with van der Waals surface area (Å²) in [5.41, 5.74) is 0. The van der Waals surface area contributed by atoms with E-state index in [9.17, 15) is 18.0 Å². The summed E-state index contributed by atoms with van der Waals surface area (Å²) in [6, 6.07) is -0.485. The maximum atomic E-state index is 12.2. The summed E-state index contributed by atoms with van der Waals surface area (Å²) in [6.07, 6.45) is 0.329. The lowest BCUT2D eigenvalue weighted by molar-refractivity contribution is -0.153. The summed E-state index contributed by atoms with van der Waals surface area (Å²) in [5.74, 6) is -1.72. The van der Waals surface area contributed by atoms with Crippen molar-refractivity contribution in [2.24, 2.45) is 0 Å². The second kappa shape index (κ2) is 7.71. The molecule has 0 aromatic carbocycles. The first-order chi connectivity index (χ1) is 9.86. The molecule has 1 aliphatic heterocycles. The molecule has 1 unspecified atom stereocenters. The molecule has 0 saturated carbocycles. The standard InChI is InChI=1S/C12H22N2O6S/c1-2-14(10-3-8-21(19,20)9-10)12(18)11(17)13(4-6-15)5-7-16/h10,15-16H,2-9H2,1H3. The molecule has 0 aromatic heterocycles. The Morgan fingerprint density at radius 2 is 1.71 bits per heavy atom. The lowest BCUT2D eigenvalue weighted by Crippen LogP contribution is -2.50. The van der Waals surface area contributed by atoms with E-state index in [1.54, 1.807) is 6.92 Å². The molecule has 8 nitrogen and oxygen atoms in total. The molecule has 122 valence electrons. The van der Waals surface area contributed by atoms with Crippen molar-refractivity contribution in [3.8, 4) is 0 Å². The third-order valence-electron chi connectivity index (χ3n) is 3.46. The van der Waals surface area contributed by atoms with Crippen LogP contribution in [0.3, 0.4) is 0 Å². The molecule has 1 fully saturated rings. The Labute approximate surface area is 124 Å². The fourth-order valence-corrected chi connectivity index (χ4v) is 4.13. The summed E-state index contributed by atoms with van der Waals surface area (Å²) in [5, 5.41) is 17.8. The van der Waals surface area contributed by atoms with Gasteiger partial charge in [0.05, 0.1) is 24.7 Å². The molecule has 21 heavy (non-hydrogen) atoms. The zero-order chi connectivity index (χ0) is 16.0. The predicted molar refractivity (Wildman–Crippen MR) is 75.2 cm³/mol. The molecule has 0 spiro atoms. The Hall–Kier alpha value is -1.19. The number of carbonyl (C=O) groups is 2. The van der Waals surface area contributed by atoms with Gasteiger partial charge in [0.25, 0.3) is 0 Å². The SMILES string of the molecule is CCN(C(=O)C(=O)N(CCO)CCO)C1CCS(=O)(=O)C1. The van der Waals surface area contributed by atoms with Crippen molar-refractivity contribution in [3.05, 3.63) is 0 Å². The number of hydrogen-bond donors (Lipinski definition) is 2. The molecule has 1 heterocycles. The van der Waals surface area contributed by atoms with E-state index in [-0.39, 0.29) is 44.4 Å². The van der Waals surface area contributed by atoms with E-state index in [0.29, 0.717) is 6.42 Å². The Balaban J connectivity index is 2.80. The number of nitrogens with zero attached hydrogens (tertiary/aromatic N) is 2. The minimum absolute atomic E-state index is 0.0205. The van der Waals surface area contributed by atoms with E-state index in [4.69, 9.17) is 10.2 Å². The average molecular weight is 322 g/mol. The van der Waals surface area contributed by atoms with Crippen molar-refractivity contribution in [1.29, 1.82) is 0 Å². The largest absolute Gasteiger partial charge is 0.395 e. The second-order valence-electron chi connectivity index (χ2n) is 4.89. The van der Waals surface area contributed by atoms with Crippen molar-refractivity contribution < 1.29 is 28.2 Å². The molecule has 0 radical (unpaired) electrons. The Morgan fingerprint density at radius 3 is 2.10 bits per heavy atom. The van der Waals surface area contributed by atoms with Crippen molar-refractivity contribution >= 4 is 21.7 Å². The summed E-state index contributed by atoms with van der Waals surface area (Å²) < 4.78 is 23.0. The van der Waals surface area contributed by atoms with Gasteiger partial charge in [0.1, 0.15) is 0 Å². The number of hydrogen-bond acceptors (Lipinski definition) is 6. The average Bonchev–Trinajstić information content (AvgIpc) is 2.78. The molecule has 1 atom stereocenters. The van der Waals surface area contributed by atoms with E-state index < -0.39 is 27.7 Å². The summed E-state index contributed by atoms with van der Waals surface area (Å²) in [6.45, 7) is 1.18. The van der Waals surface area contributed by atoms with Crippen LogP contribution in [-0.4, -0.2) is 90.6 Å². The predicted octanol–water partition coefficient (Wildman–Crippen LogP) is -2.16. The first-order valence-electron chi connectivity index (χ1n) is 6.88. The van der Waals surface area contributed by atoms with Gasteiger partial charge in [-0.25, -0.2) is 8.42 Å². The van der Waals surface area contributed by atoms with Gasteiger partial charge in [0.2, 0.25) is 0 Å². The number of amides is 2. The van der Waals surface area contributed by atoms with Gasteiger partial charge < -0.3 is 20.0 Å². The highest BCUT2D eigenvalue weighted by Crippen LogP contribution is 2.18. The number of aliphatic hydroxyl groups is 2. The number of sulfone groups is 1. The van der Waals surface area contributed by atoms with E-state index in [0.717, 1.165) is 4.90 Å². The zero-order valence-corrected chi connectivity index (χ0v) is 12.9. The van der Waals surface area contributed by atoms with Gasteiger partial charge in [-0.2, -0.15) is 0 Å². The third kappa shape index (κ3) is 4.65. The minimum atomic E-state index is -3.15. The van der Waals surface area contributed by atoms with Crippen molar-refractivity contribution in [3.63, 3.8) is 0 Å². The summed E-state index contributed by atoms with van der Waals surface area (Å²) in [7, 11) is -3.15. The molecule has 2 N–H and O–H groups in total. The van der Waals surface area contributed by atoms with Gasteiger partial charge in [0.15, 0.2) is 9.84 Å². The van der Waals surface area contributed by atoms with Crippen LogP contribution in [0.5, 0.6) is 0 Å². The number of aliphatic hydroxyl groups excluding tert-OH is 2. The molecule has 0 aliphatic carbocycles. The normalized spacial score (nSPS) is 20.2. The van der Waals surface area contributed by atoms with Crippen LogP contribution in [0.1, 0.15) is 13.3 Å². The molecule has 1 aliphatic rings. The third-order valence-corrected chi connectivity index (χ3v) is 5.21. The van der Waals surface area contributed by atoms with Crippen LogP contribution >= 0.6 is 0 Å². The van der Waals surface area contributed by atoms with E-state index in [1.807, 2.05) is 0 Å². The summed E-state index contributed by atoms with van der Waals surface area (Å²) in [4.78, 5) is 26.7. The fraction of sp³-hybridized carbons (Fsp3) is 0.833. The number of carbonyl (C=O) groups excluding carboxylic acids is 2. The Bertz CT molecular complexity index is 472. The van der Waals surface area contributed by atoms with Gasteiger partial charge in [-0.3, -0.25) is 9.59 Å². The second-order valence-corrected chi connectivity index (χ2v) is 7.12. The van der Waals surface area contributed by atoms with Crippen LogP contribution < -0.4 is 0 Å². The lowest BCUT2D eigenvalue weighted by atomic mass is 10.2. The van der Waals surface area contributed by atoms with Crippen LogP contribution in [0, 0.1) is 0 Å². The van der Waals surface area contributed by atoms with Gasteiger partial charge in [-0.15, -0.1) is 0 Å². The van der Waals surface area contributed by atoms with Gasteiger partial charge in [0, 0.05) is 25.7 Å². The molecule has 0 aromatic rings. The van der Waals surface area contributed by atoms with Crippen LogP contribution in [-0.2, 0) is 19.4 Å². The Morgan fingerprint density at radius 1 is 1.14 bits per heavy atom. The van der Waals surface area contributed by atoms with Crippen molar-refractivity contribution in [2.45, 2.75) is 19.4 Å².